The minimum absolute atomic E-state index is 0.168. The van der Waals surface area contributed by atoms with E-state index in [2.05, 4.69) is 0 Å². The molecule has 0 aromatic heterocycles. The Balaban J connectivity index is 2.26. The van der Waals surface area contributed by atoms with Crippen molar-refractivity contribution in [2.45, 2.75) is 13.0 Å². The number of nitrogens with zero attached hydrogens (tertiary/aromatic N) is 1. The highest BCUT2D eigenvalue weighted by Crippen LogP contribution is 2.26. The van der Waals surface area contributed by atoms with Crippen LogP contribution in [0.3, 0.4) is 0 Å². The molecule has 0 aliphatic rings. The van der Waals surface area contributed by atoms with E-state index >= 15 is 0 Å². The molecular weight excluding hydrogens is 297 g/mol. The molecule has 0 unspecified atom stereocenters. The van der Waals surface area contributed by atoms with Gasteiger partial charge in [0, 0.05) is 18.7 Å². The fourth-order valence-electron chi connectivity index (χ4n) is 2.28. The van der Waals surface area contributed by atoms with Crippen LogP contribution < -0.4 is 9.47 Å². The molecule has 5 heteroatoms. The van der Waals surface area contributed by atoms with Crippen LogP contribution in [0.2, 0.25) is 0 Å². The van der Waals surface area contributed by atoms with Gasteiger partial charge in [-0.15, -0.1) is 0 Å². The lowest BCUT2D eigenvalue weighted by Crippen LogP contribution is -2.29. The lowest BCUT2D eigenvalue weighted by atomic mass is 10.1. The summed E-state index contributed by atoms with van der Waals surface area (Å²) in [6, 6.07) is 11.0. The first kappa shape index (κ1) is 16.8. The Hall–Kier alpha value is -2.56. The number of halogens is 1. The van der Waals surface area contributed by atoms with E-state index in [1.165, 1.54) is 26.4 Å². The summed E-state index contributed by atoms with van der Waals surface area (Å²) in [6.45, 7) is 1.89. The monoisotopic (exact) mass is 317 g/mol. The van der Waals surface area contributed by atoms with Gasteiger partial charge >= 0.3 is 0 Å². The van der Waals surface area contributed by atoms with Gasteiger partial charge in [0.25, 0.3) is 5.91 Å². The molecule has 0 bridgehead atoms. The third-order valence-corrected chi connectivity index (χ3v) is 3.85. The van der Waals surface area contributed by atoms with E-state index in [0.29, 0.717) is 17.1 Å². The number of rotatable bonds is 5. The Morgan fingerprint density at radius 3 is 2.04 bits per heavy atom. The number of methoxy groups -OCH3 is 2. The lowest BCUT2D eigenvalue weighted by molar-refractivity contribution is 0.0742. The Morgan fingerprint density at radius 2 is 1.57 bits per heavy atom. The number of ether oxygens (including phenoxy) is 2. The second-order valence-electron chi connectivity index (χ2n) is 5.24. The summed E-state index contributed by atoms with van der Waals surface area (Å²) in [5, 5.41) is 0. The van der Waals surface area contributed by atoms with Gasteiger partial charge in [0.15, 0.2) is 0 Å². The first-order valence-electron chi connectivity index (χ1n) is 7.22. The van der Waals surface area contributed by atoms with Crippen LogP contribution in [-0.4, -0.2) is 32.1 Å². The predicted molar refractivity (Wildman–Crippen MR) is 86.5 cm³/mol. The van der Waals surface area contributed by atoms with Crippen LogP contribution in [0.15, 0.2) is 42.5 Å². The molecule has 0 aliphatic heterocycles. The number of carbonyl (C=O) groups is 1. The first-order valence-corrected chi connectivity index (χ1v) is 7.22. The van der Waals surface area contributed by atoms with Gasteiger partial charge in [0.1, 0.15) is 17.3 Å². The van der Waals surface area contributed by atoms with Crippen LogP contribution in [0, 0.1) is 5.82 Å². The highest BCUT2D eigenvalue weighted by molar-refractivity contribution is 5.95. The topological polar surface area (TPSA) is 38.8 Å². The van der Waals surface area contributed by atoms with Crippen molar-refractivity contribution in [2.75, 3.05) is 21.3 Å². The molecule has 23 heavy (non-hydrogen) atoms. The maximum Gasteiger partial charge on any atom is 0.254 e. The van der Waals surface area contributed by atoms with Gasteiger partial charge in [0.05, 0.1) is 20.3 Å². The van der Waals surface area contributed by atoms with E-state index in [9.17, 15) is 9.18 Å². The van der Waals surface area contributed by atoms with Crippen molar-refractivity contribution in [2.24, 2.45) is 0 Å². The summed E-state index contributed by atoms with van der Waals surface area (Å²) in [5.41, 5.74) is 1.33. The Kier molecular flexibility index (Phi) is 5.21. The van der Waals surface area contributed by atoms with Crippen LogP contribution in [0.5, 0.6) is 11.5 Å². The van der Waals surface area contributed by atoms with Crippen molar-refractivity contribution in [1.82, 2.24) is 4.90 Å². The number of hydrogen-bond acceptors (Lipinski definition) is 3. The zero-order valence-corrected chi connectivity index (χ0v) is 13.7. The second-order valence-corrected chi connectivity index (χ2v) is 5.24. The fourth-order valence-corrected chi connectivity index (χ4v) is 2.28. The highest BCUT2D eigenvalue weighted by Gasteiger charge is 2.20. The Bertz CT molecular complexity index is 663. The third kappa shape index (κ3) is 3.80. The predicted octanol–water partition coefficient (Wildman–Crippen LogP) is 3.68. The van der Waals surface area contributed by atoms with Crippen LogP contribution in [-0.2, 0) is 0 Å². The lowest BCUT2D eigenvalue weighted by Gasteiger charge is -2.25. The quantitative estimate of drug-likeness (QED) is 0.844. The molecule has 0 aliphatic carbocycles. The molecule has 0 saturated heterocycles. The van der Waals surface area contributed by atoms with Crippen molar-refractivity contribution >= 4 is 5.91 Å². The summed E-state index contributed by atoms with van der Waals surface area (Å²) in [7, 11) is 4.78. The fraction of sp³-hybridized carbons (Fsp3) is 0.278. The van der Waals surface area contributed by atoms with E-state index in [-0.39, 0.29) is 17.8 Å². The summed E-state index contributed by atoms with van der Waals surface area (Å²) >= 11 is 0. The molecule has 0 heterocycles. The van der Waals surface area contributed by atoms with E-state index in [4.69, 9.17) is 9.47 Å². The van der Waals surface area contributed by atoms with E-state index in [1.807, 2.05) is 6.92 Å². The number of hydrogen-bond donors (Lipinski definition) is 0. The summed E-state index contributed by atoms with van der Waals surface area (Å²) < 4.78 is 23.4. The molecule has 4 nitrogen and oxygen atoms in total. The molecule has 0 N–H and O–H groups in total. The molecule has 122 valence electrons. The SMILES string of the molecule is COc1cc(OC)cc(C(=O)N(C)[C@@H](C)c2ccc(F)cc2)c1. The average molecular weight is 317 g/mol. The Morgan fingerprint density at radius 1 is 1.04 bits per heavy atom. The normalized spacial score (nSPS) is 11.7. The molecule has 2 aromatic carbocycles. The molecule has 2 rings (SSSR count). The van der Waals surface area contributed by atoms with Crippen molar-refractivity contribution in [3.05, 3.63) is 59.4 Å². The zero-order chi connectivity index (χ0) is 17.0. The average Bonchev–Trinajstić information content (AvgIpc) is 2.59. The second kappa shape index (κ2) is 7.13. The maximum absolute atomic E-state index is 13.0. The number of benzene rings is 2. The summed E-state index contributed by atoms with van der Waals surface area (Å²) in [6.07, 6.45) is 0. The van der Waals surface area contributed by atoms with Gasteiger partial charge in [0.2, 0.25) is 0 Å². The third-order valence-electron chi connectivity index (χ3n) is 3.85. The maximum atomic E-state index is 13.0. The highest BCUT2D eigenvalue weighted by atomic mass is 19.1. The van der Waals surface area contributed by atoms with E-state index < -0.39 is 0 Å². The number of carbonyl (C=O) groups excluding carboxylic acids is 1. The Labute approximate surface area is 135 Å². The van der Waals surface area contributed by atoms with Gasteiger partial charge in [-0.1, -0.05) is 12.1 Å². The van der Waals surface area contributed by atoms with Gasteiger partial charge in [-0.2, -0.15) is 0 Å². The molecule has 1 atom stereocenters. The van der Waals surface area contributed by atoms with Gasteiger partial charge in [-0.25, -0.2) is 4.39 Å². The van der Waals surface area contributed by atoms with Crippen LogP contribution in [0.4, 0.5) is 4.39 Å². The van der Waals surface area contributed by atoms with Crippen LogP contribution >= 0.6 is 0 Å². The van der Waals surface area contributed by atoms with E-state index in [1.54, 1.807) is 42.3 Å². The smallest absolute Gasteiger partial charge is 0.254 e. The molecule has 1 amide bonds. The van der Waals surface area contributed by atoms with Gasteiger partial charge < -0.3 is 14.4 Å². The van der Waals surface area contributed by atoms with Crippen LogP contribution in [0.25, 0.3) is 0 Å². The van der Waals surface area contributed by atoms with Crippen LogP contribution in [0.1, 0.15) is 28.9 Å². The zero-order valence-electron chi connectivity index (χ0n) is 13.7. The van der Waals surface area contributed by atoms with Crippen molar-refractivity contribution < 1.29 is 18.7 Å². The molecule has 0 spiro atoms. The summed E-state index contributed by atoms with van der Waals surface area (Å²) in [5.74, 6) is 0.637. The van der Waals surface area contributed by atoms with Gasteiger partial charge in [-0.3, -0.25) is 4.79 Å². The molecule has 2 aromatic rings. The molecular formula is C18H20FNO3. The molecule has 0 saturated carbocycles. The van der Waals surface area contributed by atoms with Crippen molar-refractivity contribution in [1.29, 1.82) is 0 Å². The van der Waals surface area contributed by atoms with Crippen molar-refractivity contribution in [3.8, 4) is 11.5 Å². The molecule has 0 radical (unpaired) electrons. The summed E-state index contributed by atoms with van der Waals surface area (Å²) in [4.78, 5) is 14.3. The minimum atomic E-state index is -0.299. The van der Waals surface area contributed by atoms with Crippen molar-refractivity contribution in [3.63, 3.8) is 0 Å². The number of amides is 1. The van der Waals surface area contributed by atoms with E-state index in [0.717, 1.165) is 5.56 Å². The largest absolute Gasteiger partial charge is 0.497 e. The molecule has 0 fully saturated rings. The first-order chi connectivity index (χ1) is 11.0. The standard InChI is InChI=1S/C18H20FNO3/c1-12(13-5-7-15(19)8-6-13)20(2)18(21)14-9-16(22-3)11-17(10-14)23-4/h5-12H,1-4H3/t12-/m0/s1. The van der Waals surface area contributed by atoms with Gasteiger partial charge in [-0.05, 0) is 36.8 Å². The minimum Gasteiger partial charge on any atom is -0.497 e.